The van der Waals surface area contributed by atoms with Crippen LogP contribution in [0.4, 0.5) is 10.9 Å². The molecule has 0 spiro atoms. The Balaban J connectivity index is 1.39. The van der Waals surface area contributed by atoms with E-state index in [0.717, 1.165) is 17.1 Å². The number of para-hydroxylation sites is 2. The van der Waals surface area contributed by atoms with E-state index in [2.05, 4.69) is 25.8 Å². The lowest BCUT2D eigenvalue weighted by atomic mass is 10.2. The first-order chi connectivity index (χ1) is 14.3. The molecule has 2 aromatic carbocycles. The van der Waals surface area contributed by atoms with Crippen molar-refractivity contribution in [1.82, 2.24) is 15.2 Å². The van der Waals surface area contributed by atoms with Crippen molar-refractivity contribution in [3.05, 3.63) is 89.6 Å². The number of hydrogen-bond donors (Lipinski definition) is 2. The molecule has 0 unspecified atom stereocenters. The Hall–Kier alpha value is -3.78. The molecule has 1 amide bonds. The first-order valence-electron chi connectivity index (χ1n) is 8.86. The van der Waals surface area contributed by atoms with Crippen molar-refractivity contribution < 1.29 is 9.53 Å². The van der Waals surface area contributed by atoms with Crippen molar-refractivity contribution in [2.24, 2.45) is 0 Å². The monoisotopic (exact) mass is 403 g/mol. The van der Waals surface area contributed by atoms with Gasteiger partial charge in [-0.3, -0.25) is 10.1 Å². The normalized spacial score (nSPS) is 10.3. The molecule has 0 saturated carbocycles. The van der Waals surface area contributed by atoms with Crippen LogP contribution in [0.25, 0.3) is 0 Å². The lowest BCUT2D eigenvalue weighted by Crippen LogP contribution is -2.12. The molecule has 8 heteroatoms. The molecule has 0 bridgehead atoms. The molecule has 0 aliphatic heterocycles. The van der Waals surface area contributed by atoms with Gasteiger partial charge in [-0.2, -0.15) is 0 Å². The summed E-state index contributed by atoms with van der Waals surface area (Å²) in [5, 5.41) is 13.9. The molecule has 0 atom stereocenters. The molecule has 0 saturated heterocycles. The second-order valence-corrected chi connectivity index (χ2v) is 6.84. The van der Waals surface area contributed by atoms with Crippen molar-refractivity contribution in [2.45, 2.75) is 6.54 Å². The van der Waals surface area contributed by atoms with Crippen LogP contribution in [0.15, 0.2) is 78.4 Å². The second-order valence-electron chi connectivity index (χ2n) is 6.01. The number of nitrogens with one attached hydrogen (secondary N) is 2. The van der Waals surface area contributed by atoms with Gasteiger partial charge >= 0.3 is 0 Å². The van der Waals surface area contributed by atoms with Crippen LogP contribution in [0.1, 0.15) is 15.9 Å². The van der Waals surface area contributed by atoms with Crippen molar-refractivity contribution in [2.75, 3.05) is 10.6 Å². The van der Waals surface area contributed by atoms with E-state index in [1.165, 1.54) is 17.5 Å². The fourth-order valence-electron chi connectivity index (χ4n) is 2.58. The topological polar surface area (TPSA) is 89.0 Å². The van der Waals surface area contributed by atoms with Crippen LogP contribution in [0.5, 0.6) is 11.5 Å². The lowest BCUT2D eigenvalue weighted by Gasteiger charge is -2.12. The number of carbonyl (C=O) groups is 1. The Bertz CT molecular complexity index is 1070. The van der Waals surface area contributed by atoms with Gasteiger partial charge < -0.3 is 10.1 Å². The molecular weight excluding hydrogens is 386 g/mol. The van der Waals surface area contributed by atoms with Crippen LogP contribution in [0.3, 0.4) is 0 Å². The maximum Gasteiger partial charge on any atom is 0.259 e. The molecule has 144 valence electrons. The fraction of sp³-hybridized carbons (Fsp3) is 0.0476. The summed E-state index contributed by atoms with van der Waals surface area (Å²) in [5.74, 6) is 1.94. The number of anilines is 2. The van der Waals surface area contributed by atoms with Crippen LogP contribution in [0.2, 0.25) is 0 Å². The molecule has 29 heavy (non-hydrogen) atoms. The first-order valence-corrected chi connectivity index (χ1v) is 9.74. The SMILES string of the molecule is O=C(Nc1nncs1)c1ccc(NCc2ccccc2Oc2ccccc2)nc1. The van der Waals surface area contributed by atoms with Crippen molar-refractivity contribution in [1.29, 1.82) is 0 Å². The minimum Gasteiger partial charge on any atom is -0.457 e. The van der Waals surface area contributed by atoms with Gasteiger partial charge in [0.05, 0.1) is 5.56 Å². The van der Waals surface area contributed by atoms with Gasteiger partial charge in [0, 0.05) is 18.3 Å². The highest BCUT2D eigenvalue weighted by molar-refractivity contribution is 7.13. The molecule has 7 nitrogen and oxygen atoms in total. The van der Waals surface area contributed by atoms with Crippen LogP contribution >= 0.6 is 11.3 Å². The second kappa shape index (κ2) is 8.94. The maximum atomic E-state index is 12.2. The molecule has 0 aliphatic rings. The van der Waals surface area contributed by atoms with E-state index in [9.17, 15) is 4.79 Å². The van der Waals surface area contributed by atoms with Gasteiger partial charge in [0.2, 0.25) is 5.13 Å². The number of ether oxygens (including phenoxy) is 1. The Morgan fingerprint density at radius 3 is 2.59 bits per heavy atom. The van der Waals surface area contributed by atoms with Crippen molar-refractivity contribution in [3.63, 3.8) is 0 Å². The number of aromatic nitrogens is 3. The minimum atomic E-state index is -0.276. The summed E-state index contributed by atoms with van der Waals surface area (Å²) in [4.78, 5) is 16.5. The van der Waals surface area contributed by atoms with E-state index in [-0.39, 0.29) is 5.91 Å². The number of benzene rings is 2. The molecule has 4 aromatic rings. The number of hydrogen-bond acceptors (Lipinski definition) is 7. The average molecular weight is 403 g/mol. The van der Waals surface area contributed by atoms with Crippen LogP contribution in [-0.4, -0.2) is 21.1 Å². The number of nitrogens with zero attached hydrogens (tertiary/aromatic N) is 3. The summed E-state index contributed by atoms with van der Waals surface area (Å²) in [7, 11) is 0. The summed E-state index contributed by atoms with van der Waals surface area (Å²) in [6.07, 6.45) is 1.52. The predicted molar refractivity (Wildman–Crippen MR) is 112 cm³/mol. The summed E-state index contributed by atoms with van der Waals surface area (Å²) >= 11 is 1.26. The smallest absolute Gasteiger partial charge is 0.259 e. The van der Waals surface area contributed by atoms with Gasteiger partial charge in [-0.15, -0.1) is 10.2 Å². The molecule has 2 aromatic heterocycles. The Kier molecular flexibility index (Phi) is 5.73. The fourth-order valence-corrected chi connectivity index (χ4v) is 3.02. The van der Waals surface area contributed by atoms with E-state index in [4.69, 9.17) is 4.74 Å². The summed E-state index contributed by atoms with van der Waals surface area (Å²) in [6.45, 7) is 0.534. The Morgan fingerprint density at radius 1 is 1.00 bits per heavy atom. The summed E-state index contributed by atoms with van der Waals surface area (Å²) in [6, 6.07) is 20.9. The van der Waals surface area contributed by atoms with E-state index < -0.39 is 0 Å². The lowest BCUT2D eigenvalue weighted by molar-refractivity contribution is 0.102. The molecule has 0 fully saturated rings. The third-order valence-corrected chi connectivity index (χ3v) is 4.62. The quantitative estimate of drug-likeness (QED) is 0.469. The van der Waals surface area contributed by atoms with Gasteiger partial charge in [0.25, 0.3) is 5.91 Å². The molecule has 2 heterocycles. The van der Waals surface area contributed by atoms with Crippen molar-refractivity contribution in [3.8, 4) is 11.5 Å². The molecule has 2 N–H and O–H groups in total. The Labute approximate surface area is 171 Å². The number of amides is 1. The zero-order valence-corrected chi connectivity index (χ0v) is 16.1. The first kappa shape index (κ1) is 18.6. The van der Waals surface area contributed by atoms with E-state index >= 15 is 0 Å². The average Bonchev–Trinajstić information content (AvgIpc) is 3.27. The van der Waals surface area contributed by atoms with Crippen LogP contribution in [0, 0.1) is 0 Å². The maximum absolute atomic E-state index is 12.2. The molecular formula is C21H17N5O2S. The molecule has 0 aliphatic carbocycles. The third-order valence-electron chi connectivity index (χ3n) is 4.01. The van der Waals surface area contributed by atoms with E-state index in [1.807, 2.05) is 54.6 Å². The highest BCUT2D eigenvalue weighted by Crippen LogP contribution is 2.25. The van der Waals surface area contributed by atoms with Gasteiger partial charge in [-0.25, -0.2) is 4.98 Å². The van der Waals surface area contributed by atoms with Crippen molar-refractivity contribution >= 4 is 28.2 Å². The largest absolute Gasteiger partial charge is 0.457 e. The Morgan fingerprint density at radius 2 is 1.83 bits per heavy atom. The molecule has 4 rings (SSSR count). The summed E-state index contributed by atoms with van der Waals surface area (Å²) in [5.41, 5.74) is 3.00. The standard InChI is InChI=1S/C21H17N5O2S/c27-20(25-21-26-24-14-29-21)16-10-11-19(23-13-16)22-12-15-6-4-5-9-18(15)28-17-7-2-1-3-8-17/h1-11,13-14H,12H2,(H,22,23)(H,25,26,27). The third kappa shape index (κ3) is 4.94. The zero-order chi connectivity index (χ0) is 19.9. The van der Waals surface area contributed by atoms with E-state index in [1.54, 1.807) is 17.6 Å². The van der Waals surface area contributed by atoms with Gasteiger partial charge in [0.15, 0.2) is 0 Å². The molecule has 0 radical (unpaired) electrons. The number of carbonyl (C=O) groups excluding carboxylic acids is 1. The highest BCUT2D eigenvalue weighted by atomic mass is 32.1. The number of pyridine rings is 1. The highest BCUT2D eigenvalue weighted by Gasteiger charge is 2.09. The van der Waals surface area contributed by atoms with E-state index in [0.29, 0.717) is 23.1 Å². The summed E-state index contributed by atoms with van der Waals surface area (Å²) < 4.78 is 5.98. The minimum absolute atomic E-state index is 0.276. The van der Waals surface area contributed by atoms with Gasteiger partial charge in [0.1, 0.15) is 22.8 Å². The van der Waals surface area contributed by atoms with Crippen LogP contribution in [-0.2, 0) is 6.54 Å². The number of rotatable bonds is 7. The van der Waals surface area contributed by atoms with Gasteiger partial charge in [-0.1, -0.05) is 47.7 Å². The van der Waals surface area contributed by atoms with Gasteiger partial charge in [-0.05, 0) is 30.3 Å². The zero-order valence-electron chi connectivity index (χ0n) is 15.3. The predicted octanol–water partition coefficient (Wildman–Crippen LogP) is 4.59. The van der Waals surface area contributed by atoms with Crippen LogP contribution < -0.4 is 15.4 Å².